The van der Waals surface area contributed by atoms with Crippen molar-refractivity contribution in [3.05, 3.63) is 24.3 Å². The molecule has 488 valence electrons. The summed E-state index contributed by atoms with van der Waals surface area (Å²) in [4.78, 5) is 51.1. The number of ether oxygens (including phenoxy) is 4. The van der Waals surface area contributed by atoms with Gasteiger partial charge in [0.05, 0.1) is 13.2 Å². The Kier molecular flexibility index (Phi) is 61.8. The molecular formula is C75H140O8. The van der Waals surface area contributed by atoms with Crippen LogP contribution in [0.5, 0.6) is 0 Å². The van der Waals surface area contributed by atoms with E-state index in [4.69, 9.17) is 18.9 Å². The van der Waals surface area contributed by atoms with Gasteiger partial charge in [0.25, 0.3) is 0 Å². The number of esters is 4. The van der Waals surface area contributed by atoms with E-state index in [1.54, 1.807) is 0 Å². The number of hydrogen-bond donors (Lipinski definition) is 0. The molecule has 0 aliphatic rings. The normalized spacial score (nSPS) is 12.6. The highest BCUT2D eigenvalue weighted by Crippen LogP contribution is 2.23. The molecule has 0 aliphatic carbocycles. The zero-order chi connectivity index (χ0) is 60.6. The van der Waals surface area contributed by atoms with E-state index in [9.17, 15) is 19.2 Å². The Balaban J connectivity index is 4.32. The molecule has 0 rings (SSSR count). The zero-order valence-electron chi connectivity index (χ0n) is 56.2. The summed E-state index contributed by atoms with van der Waals surface area (Å²) < 4.78 is 23.5. The number of rotatable bonds is 66. The molecule has 8 heteroatoms. The number of carbonyl (C=O) groups is 4. The van der Waals surface area contributed by atoms with Crippen LogP contribution in [0.1, 0.15) is 401 Å². The van der Waals surface area contributed by atoms with Crippen LogP contribution in [0.25, 0.3) is 0 Å². The summed E-state index contributed by atoms with van der Waals surface area (Å²) in [7, 11) is 0. The fourth-order valence-corrected chi connectivity index (χ4v) is 11.1. The molecule has 2 unspecified atom stereocenters. The first-order chi connectivity index (χ1) is 40.6. The van der Waals surface area contributed by atoms with Crippen molar-refractivity contribution in [2.24, 2.45) is 5.41 Å². The monoisotopic (exact) mass is 1170 g/mol. The first-order valence-electron chi connectivity index (χ1n) is 36.6. The minimum absolute atomic E-state index is 0.0185. The highest BCUT2D eigenvalue weighted by Gasteiger charge is 2.23. The Bertz CT molecular complexity index is 1360. The molecule has 0 N–H and O–H groups in total. The third-order valence-corrected chi connectivity index (χ3v) is 16.7. The molecule has 0 saturated heterocycles. The van der Waals surface area contributed by atoms with E-state index in [1.165, 1.54) is 205 Å². The van der Waals surface area contributed by atoms with Crippen molar-refractivity contribution in [3.63, 3.8) is 0 Å². The van der Waals surface area contributed by atoms with Gasteiger partial charge in [-0.2, -0.15) is 0 Å². The van der Waals surface area contributed by atoms with Crippen molar-refractivity contribution in [1.82, 2.24) is 0 Å². The van der Waals surface area contributed by atoms with E-state index in [0.717, 1.165) is 128 Å². The number of carbonyl (C=O) groups excluding carboxylic acids is 4. The van der Waals surface area contributed by atoms with Gasteiger partial charge in [0.1, 0.15) is 12.2 Å². The lowest BCUT2D eigenvalue weighted by Crippen LogP contribution is -2.28. The third kappa shape index (κ3) is 62.2. The number of allylic oxidation sites excluding steroid dienone is 4. The third-order valence-electron chi connectivity index (χ3n) is 16.7. The van der Waals surface area contributed by atoms with Crippen molar-refractivity contribution in [2.75, 3.05) is 13.2 Å². The van der Waals surface area contributed by atoms with Gasteiger partial charge in [-0.25, -0.2) is 0 Å². The quantitative estimate of drug-likeness (QED) is 0.0257. The molecule has 0 aliphatic heterocycles. The molecule has 0 aromatic rings. The maximum atomic E-state index is 12.9. The first-order valence-corrected chi connectivity index (χ1v) is 36.6. The standard InChI is InChI=1S/C75H140O8/c1-7-11-15-19-23-25-27-29-31-33-35-37-39-47-57-65-73(78)82-69(59-51-43-21-17-13-9-3)61-53-45-41-49-55-63-71(76)80-67-75(5,6)68-81-72(77)64-56-50-42-46-54-62-70(60-52-44-22-18-14-10-4)83-74(79)66-58-48-40-38-36-34-32-30-28-26-24-20-16-12-8-2/h29-32,69-70H,7-28,33-68H2,1-6H3/b31-29+,32-30+. The second-order valence-electron chi connectivity index (χ2n) is 26.1. The van der Waals surface area contributed by atoms with E-state index in [1.807, 2.05) is 13.8 Å². The van der Waals surface area contributed by atoms with Gasteiger partial charge in [0.15, 0.2) is 0 Å². The van der Waals surface area contributed by atoms with Crippen LogP contribution >= 0.6 is 0 Å². The maximum Gasteiger partial charge on any atom is 0.306 e. The van der Waals surface area contributed by atoms with Crippen molar-refractivity contribution in [2.45, 2.75) is 413 Å². The van der Waals surface area contributed by atoms with E-state index < -0.39 is 5.41 Å². The molecule has 0 spiro atoms. The molecule has 0 amide bonds. The minimum atomic E-state index is -0.454. The van der Waals surface area contributed by atoms with Crippen LogP contribution in [0.4, 0.5) is 0 Å². The predicted molar refractivity (Wildman–Crippen MR) is 355 cm³/mol. The molecule has 8 nitrogen and oxygen atoms in total. The Morgan fingerprint density at radius 3 is 0.735 bits per heavy atom. The molecule has 0 radical (unpaired) electrons. The lowest BCUT2D eigenvalue weighted by molar-refractivity contribution is -0.153. The zero-order valence-corrected chi connectivity index (χ0v) is 56.2. The molecule has 0 saturated carbocycles. The molecular weight excluding hydrogens is 1030 g/mol. The highest BCUT2D eigenvalue weighted by atomic mass is 16.6. The summed E-state index contributed by atoms with van der Waals surface area (Å²) in [6, 6.07) is 0. The van der Waals surface area contributed by atoms with Crippen LogP contribution in [0, 0.1) is 5.41 Å². The van der Waals surface area contributed by atoms with E-state index >= 15 is 0 Å². The van der Waals surface area contributed by atoms with Crippen molar-refractivity contribution in [3.8, 4) is 0 Å². The van der Waals surface area contributed by atoms with E-state index in [0.29, 0.717) is 25.7 Å². The maximum absolute atomic E-state index is 12.9. The predicted octanol–water partition coefficient (Wildman–Crippen LogP) is 24.0. The van der Waals surface area contributed by atoms with E-state index in [2.05, 4.69) is 52.0 Å². The van der Waals surface area contributed by atoms with Gasteiger partial charge in [-0.3, -0.25) is 19.2 Å². The van der Waals surface area contributed by atoms with Gasteiger partial charge >= 0.3 is 23.9 Å². The minimum Gasteiger partial charge on any atom is -0.465 e. The fraction of sp³-hybridized carbons (Fsp3) is 0.893. The summed E-state index contributed by atoms with van der Waals surface area (Å²) in [5, 5.41) is 0. The van der Waals surface area contributed by atoms with Gasteiger partial charge in [-0.1, -0.05) is 271 Å². The van der Waals surface area contributed by atoms with Crippen LogP contribution in [0.3, 0.4) is 0 Å². The second-order valence-corrected chi connectivity index (χ2v) is 26.1. The Labute approximate surface area is 515 Å². The number of hydrogen-bond acceptors (Lipinski definition) is 8. The Hall–Kier alpha value is -2.64. The summed E-state index contributed by atoms with van der Waals surface area (Å²) in [5.74, 6) is -0.422. The first kappa shape index (κ1) is 80.4. The summed E-state index contributed by atoms with van der Waals surface area (Å²) in [6.07, 6.45) is 72.4. The molecule has 0 heterocycles. The topological polar surface area (TPSA) is 105 Å². The van der Waals surface area contributed by atoms with Crippen LogP contribution in [-0.4, -0.2) is 49.3 Å². The number of unbranched alkanes of at least 4 members (excludes halogenated alkanes) is 40. The fourth-order valence-electron chi connectivity index (χ4n) is 11.1. The second kappa shape index (κ2) is 63.9. The SMILES string of the molecule is CCCCCCCC/C=C/CCCCCCCC(=O)OC(CCCCCCCC)CCCCCCCC(=O)OCC(C)(C)COC(=O)CCCCCCCC(CCCCCCCC)OC(=O)CCCCCCC/C=C/CCCCCCCC. The van der Waals surface area contributed by atoms with Crippen LogP contribution in [0.15, 0.2) is 24.3 Å². The average molecular weight is 1170 g/mol. The Morgan fingerprint density at radius 1 is 0.277 bits per heavy atom. The van der Waals surface area contributed by atoms with Gasteiger partial charge in [-0.05, 0) is 128 Å². The van der Waals surface area contributed by atoms with Gasteiger partial charge < -0.3 is 18.9 Å². The molecule has 0 aromatic carbocycles. The van der Waals surface area contributed by atoms with Gasteiger partial charge in [0.2, 0.25) is 0 Å². The summed E-state index contributed by atoms with van der Waals surface area (Å²) in [5.41, 5.74) is -0.454. The molecule has 0 fully saturated rings. The largest absolute Gasteiger partial charge is 0.465 e. The van der Waals surface area contributed by atoms with Crippen LogP contribution < -0.4 is 0 Å². The van der Waals surface area contributed by atoms with Crippen molar-refractivity contribution >= 4 is 23.9 Å². The smallest absolute Gasteiger partial charge is 0.306 e. The molecule has 0 bridgehead atoms. The summed E-state index contributed by atoms with van der Waals surface area (Å²) >= 11 is 0. The van der Waals surface area contributed by atoms with Crippen molar-refractivity contribution in [1.29, 1.82) is 0 Å². The van der Waals surface area contributed by atoms with Crippen LogP contribution in [-0.2, 0) is 38.1 Å². The lowest BCUT2D eigenvalue weighted by Gasteiger charge is -2.23. The average Bonchev–Trinajstić information content (AvgIpc) is 3.47. The van der Waals surface area contributed by atoms with Gasteiger partial charge in [-0.15, -0.1) is 0 Å². The Morgan fingerprint density at radius 2 is 0.482 bits per heavy atom. The summed E-state index contributed by atoms with van der Waals surface area (Å²) in [6.45, 7) is 13.4. The molecule has 83 heavy (non-hydrogen) atoms. The van der Waals surface area contributed by atoms with Gasteiger partial charge in [0, 0.05) is 31.1 Å². The molecule has 2 atom stereocenters. The van der Waals surface area contributed by atoms with E-state index in [-0.39, 0.29) is 49.3 Å². The molecule has 0 aromatic heterocycles. The van der Waals surface area contributed by atoms with Crippen molar-refractivity contribution < 1.29 is 38.1 Å². The van der Waals surface area contributed by atoms with Crippen LogP contribution in [0.2, 0.25) is 0 Å². The highest BCUT2D eigenvalue weighted by molar-refractivity contribution is 5.70. The lowest BCUT2D eigenvalue weighted by atomic mass is 9.96.